The van der Waals surface area contributed by atoms with Gasteiger partial charge in [0.15, 0.2) is 5.82 Å². The molecule has 0 saturated heterocycles. The summed E-state index contributed by atoms with van der Waals surface area (Å²) in [6, 6.07) is 0. The Hall–Kier alpha value is -1.30. The Balaban J connectivity index is 1.87. The molecule has 1 aliphatic rings. The van der Waals surface area contributed by atoms with Crippen molar-refractivity contribution in [1.29, 1.82) is 0 Å². The molecule has 1 aromatic rings. The van der Waals surface area contributed by atoms with Crippen LogP contribution in [0.4, 0.5) is 10.8 Å². The summed E-state index contributed by atoms with van der Waals surface area (Å²) < 4.78 is 8.65. The van der Waals surface area contributed by atoms with Gasteiger partial charge >= 0.3 is 5.97 Å². The Bertz CT molecular complexity index is 401. The average molecular weight is 255 g/mol. The molecule has 17 heavy (non-hydrogen) atoms. The summed E-state index contributed by atoms with van der Waals surface area (Å²) in [5.41, 5.74) is 6.00. The molecule has 94 valence electrons. The molecule has 6 heteroatoms. The van der Waals surface area contributed by atoms with Gasteiger partial charge in [0.1, 0.15) is 10.6 Å². The van der Waals surface area contributed by atoms with Crippen molar-refractivity contribution >= 4 is 28.3 Å². The molecule has 0 spiro atoms. The second-order valence-electron chi connectivity index (χ2n) is 4.28. The SMILES string of the molecule is COC(=O)c1c(N)nsc1NCCCC1CC1. The number of nitrogen functional groups attached to an aromatic ring is 1. The Labute approximate surface area is 105 Å². The Morgan fingerprint density at radius 3 is 3.06 bits per heavy atom. The van der Waals surface area contributed by atoms with Crippen molar-refractivity contribution in [3.8, 4) is 0 Å². The minimum atomic E-state index is -0.430. The third kappa shape index (κ3) is 3.09. The molecule has 0 atom stereocenters. The highest BCUT2D eigenvalue weighted by atomic mass is 32.1. The summed E-state index contributed by atoms with van der Waals surface area (Å²) in [6.45, 7) is 0.849. The van der Waals surface area contributed by atoms with E-state index in [1.807, 2.05) is 0 Å². The van der Waals surface area contributed by atoms with E-state index < -0.39 is 5.97 Å². The van der Waals surface area contributed by atoms with Crippen molar-refractivity contribution in [2.45, 2.75) is 25.7 Å². The fraction of sp³-hybridized carbons (Fsp3) is 0.636. The van der Waals surface area contributed by atoms with Crippen LogP contribution in [0.5, 0.6) is 0 Å². The van der Waals surface area contributed by atoms with Crippen LogP contribution >= 0.6 is 11.5 Å². The lowest BCUT2D eigenvalue weighted by Gasteiger charge is -2.05. The first-order valence-corrected chi connectivity index (χ1v) is 6.57. The number of ether oxygens (including phenoxy) is 1. The summed E-state index contributed by atoms with van der Waals surface area (Å²) in [5, 5.41) is 3.92. The molecule has 1 heterocycles. The van der Waals surface area contributed by atoms with Crippen LogP contribution in [0.25, 0.3) is 0 Å². The summed E-state index contributed by atoms with van der Waals surface area (Å²) >= 11 is 1.21. The van der Waals surface area contributed by atoms with E-state index in [1.165, 1.54) is 37.9 Å². The zero-order chi connectivity index (χ0) is 12.3. The van der Waals surface area contributed by atoms with E-state index in [-0.39, 0.29) is 5.82 Å². The third-order valence-electron chi connectivity index (χ3n) is 2.88. The lowest BCUT2D eigenvalue weighted by molar-refractivity contribution is 0.0603. The molecule has 1 aromatic heterocycles. The van der Waals surface area contributed by atoms with Crippen LogP contribution < -0.4 is 11.1 Å². The molecule has 0 aliphatic heterocycles. The van der Waals surface area contributed by atoms with Crippen molar-refractivity contribution in [3.63, 3.8) is 0 Å². The molecule has 3 N–H and O–H groups in total. The van der Waals surface area contributed by atoms with Gasteiger partial charge < -0.3 is 15.8 Å². The lowest BCUT2D eigenvalue weighted by atomic mass is 10.2. The van der Waals surface area contributed by atoms with Gasteiger partial charge in [0.05, 0.1) is 7.11 Å². The number of carbonyl (C=O) groups excluding carboxylic acids is 1. The van der Waals surface area contributed by atoms with Crippen LogP contribution in [-0.4, -0.2) is 24.0 Å². The number of aromatic nitrogens is 1. The molecule has 0 amide bonds. The largest absolute Gasteiger partial charge is 0.465 e. The second-order valence-corrected chi connectivity index (χ2v) is 5.05. The number of anilines is 2. The lowest BCUT2D eigenvalue weighted by Crippen LogP contribution is -2.09. The molecule has 1 aliphatic carbocycles. The smallest absolute Gasteiger partial charge is 0.344 e. The molecular weight excluding hydrogens is 238 g/mol. The molecule has 0 bridgehead atoms. The maximum atomic E-state index is 11.5. The fourth-order valence-corrected chi connectivity index (χ4v) is 2.45. The molecule has 0 aromatic carbocycles. The molecule has 5 nitrogen and oxygen atoms in total. The van der Waals surface area contributed by atoms with Crippen LogP contribution in [0.15, 0.2) is 0 Å². The van der Waals surface area contributed by atoms with Gasteiger partial charge in [-0.15, -0.1) is 0 Å². The Morgan fingerprint density at radius 2 is 2.41 bits per heavy atom. The van der Waals surface area contributed by atoms with E-state index in [9.17, 15) is 4.79 Å². The zero-order valence-electron chi connectivity index (χ0n) is 9.86. The fourth-order valence-electron chi connectivity index (χ4n) is 1.72. The minimum Gasteiger partial charge on any atom is -0.465 e. The van der Waals surface area contributed by atoms with Crippen LogP contribution in [0.3, 0.4) is 0 Å². The first-order chi connectivity index (χ1) is 8.22. The van der Waals surface area contributed by atoms with E-state index in [4.69, 9.17) is 5.73 Å². The number of nitrogens with one attached hydrogen (secondary N) is 1. The molecule has 2 rings (SSSR count). The van der Waals surface area contributed by atoms with Crippen molar-refractivity contribution in [2.75, 3.05) is 24.7 Å². The third-order valence-corrected chi connectivity index (χ3v) is 3.70. The molecule has 0 unspecified atom stereocenters. The standard InChI is InChI=1S/C11H17N3O2S/c1-16-11(15)8-9(12)14-17-10(8)13-6-2-3-7-4-5-7/h7,13H,2-6H2,1H3,(H2,12,14). The Morgan fingerprint density at radius 1 is 1.65 bits per heavy atom. The van der Waals surface area contributed by atoms with E-state index in [0.29, 0.717) is 10.6 Å². The van der Waals surface area contributed by atoms with Gasteiger partial charge in [-0.05, 0) is 30.3 Å². The summed E-state index contributed by atoms with van der Waals surface area (Å²) in [6.07, 6.45) is 5.12. The van der Waals surface area contributed by atoms with E-state index in [0.717, 1.165) is 18.9 Å². The van der Waals surface area contributed by atoms with Gasteiger partial charge in [0.25, 0.3) is 0 Å². The van der Waals surface area contributed by atoms with Gasteiger partial charge in [-0.2, -0.15) is 4.37 Å². The maximum absolute atomic E-state index is 11.5. The number of rotatable bonds is 6. The summed E-state index contributed by atoms with van der Waals surface area (Å²) in [5.74, 6) is 0.746. The minimum absolute atomic E-state index is 0.242. The van der Waals surface area contributed by atoms with Gasteiger partial charge in [-0.3, -0.25) is 0 Å². The van der Waals surface area contributed by atoms with E-state index >= 15 is 0 Å². The quantitative estimate of drug-likeness (QED) is 0.601. The maximum Gasteiger partial charge on any atom is 0.344 e. The zero-order valence-corrected chi connectivity index (χ0v) is 10.7. The highest BCUT2D eigenvalue weighted by Crippen LogP contribution is 2.33. The number of nitrogens with zero attached hydrogens (tertiary/aromatic N) is 1. The number of methoxy groups -OCH3 is 1. The van der Waals surface area contributed by atoms with Crippen molar-refractivity contribution < 1.29 is 9.53 Å². The highest BCUT2D eigenvalue weighted by molar-refractivity contribution is 7.11. The number of carbonyl (C=O) groups is 1. The van der Waals surface area contributed by atoms with Gasteiger partial charge in [-0.25, -0.2) is 4.79 Å². The first kappa shape index (κ1) is 12.2. The number of hydrogen-bond acceptors (Lipinski definition) is 6. The van der Waals surface area contributed by atoms with E-state index in [2.05, 4.69) is 14.4 Å². The van der Waals surface area contributed by atoms with Crippen molar-refractivity contribution in [3.05, 3.63) is 5.56 Å². The van der Waals surface area contributed by atoms with Crippen LogP contribution in [0.2, 0.25) is 0 Å². The molecule has 1 fully saturated rings. The monoisotopic (exact) mass is 255 g/mol. The number of nitrogens with two attached hydrogens (primary N) is 1. The first-order valence-electron chi connectivity index (χ1n) is 5.79. The van der Waals surface area contributed by atoms with Crippen molar-refractivity contribution in [2.24, 2.45) is 5.92 Å². The second kappa shape index (κ2) is 5.35. The van der Waals surface area contributed by atoms with Crippen LogP contribution in [0.1, 0.15) is 36.0 Å². The molecule has 0 radical (unpaired) electrons. The van der Waals surface area contributed by atoms with Gasteiger partial charge in [0, 0.05) is 6.54 Å². The number of esters is 1. The van der Waals surface area contributed by atoms with E-state index in [1.54, 1.807) is 0 Å². The van der Waals surface area contributed by atoms with Crippen LogP contribution in [-0.2, 0) is 4.74 Å². The number of hydrogen-bond donors (Lipinski definition) is 2. The Kier molecular flexibility index (Phi) is 3.83. The predicted octanol–water partition coefficient (Wildman–Crippen LogP) is 2.11. The predicted molar refractivity (Wildman–Crippen MR) is 68.3 cm³/mol. The van der Waals surface area contributed by atoms with Gasteiger partial charge in [0.2, 0.25) is 0 Å². The van der Waals surface area contributed by atoms with Crippen molar-refractivity contribution in [1.82, 2.24) is 4.37 Å². The highest BCUT2D eigenvalue weighted by Gasteiger charge is 2.21. The summed E-state index contributed by atoms with van der Waals surface area (Å²) in [4.78, 5) is 11.5. The normalized spacial score (nSPS) is 14.6. The van der Waals surface area contributed by atoms with Gasteiger partial charge in [-0.1, -0.05) is 12.8 Å². The van der Waals surface area contributed by atoms with Crippen LogP contribution in [0, 0.1) is 5.92 Å². The topological polar surface area (TPSA) is 77.2 Å². The summed E-state index contributed by atoms with van der Waals surface area (Å²) in [7, 11) is 1.34. The average Bonchev–Trinajstić information content (AvgIpc) is 3.08. The molecule has 1 saturated carbocycles. The molecular formula is C11H17N3O2S.